The normalized spacial score (nSPS) is 11.3. The van der Waals surface area contributed by atoms with E-state index in [0.29, 0.717) is 28.3 Å². The van der Waals surface area contributed by atoms with Crippen LogP contribution in [0.4, 0.5) is 9.52 Å². The molecule has 0 bridgehead atoms. The number of carbonyl (C=O) groups excluding carboxylic acids is 1. The average Bonchev–Trinajstić information content (AvgIpc) is 3.29. The van der Waals surface area contributed by atoms with Crippen molar-refractivity contribution in [3.8, 4) is 22.1 Å². The van der Waals surface area contributed by atoms with E-state index in [9.17, 15) is 14.3 Å². The topological polar surface area (TPSA) is 119 Å². The van der Waals surface area contributed by atoms with Crippen LogP contribution in [0, 0.1) is 12.7 Å². The molecule has 0 atom stereocenters. The quantitative estimate of drug-likeness (QED) is 0.356. The van der Waals surface area contributed by atoms with E-state index in [0.717, 1.165) is 11.3 Å². The van der Waals surface area contributed by atoms with E-state index >= 15 is 0 Å². The summed E-state index contributed by atoms with van der Waals surface area (Å²) in [7, 11) is 1.44. The van der Waals surface area contributed by atoms with Crippen LogP contribution in [0.3, 0.4) is 0 Å². The minimum absolute atomic E-state index is 0.133. The van der Waals surface area contributed by atoms with E-state index in [2.05, 4.69) is 25.5 Å². The molecule has 1 amide bonds. The fourth-order valence-corrected chi connectivity index (χ4v) is 3.96. The average molecular weight is 510 g/mol. The summed E-state index contributed by atoms with van der Waals surface area (Å²) in [5, 5.41) is 21.0. The Kier molecular flexibility index (Phi) is 7.22. The lowest BCUT2D eigenvalue weighted by molar-refractivity contribution is 0.0781. The zero-order chi connectivity index (χ0) is 25.9. The van der Waals surface area contributed by atoms with E-state index in [1.165, 1.54) is 25.4 Å². The Bertz CT molecular complexity index is 1390. The summed E-state index contributed by atoms with van der Waals surface area (Å²) in [6, 6.07) is 9.61. The maximum atomic E-state index is 14.7. The molecule has 0 radical (unpaired) electrons. The third-order valence-electron chi connectivity index (χ3n) is 5.25. The van der Waals surface area contributed by atoms with Crippen molar-refractivity contribution in [2.24, 2.45) is 0 Å². The second-order valence-corrected chi connectivity index (χ2v) is 9.34. The third-order valence-corrected chi connectivity index (χ3v) is 6.00. The van der Waals surface area contributed by atoms with Crippen LogP contribution >= 0.6 is 11.3 Å². The number of amides is 1. The Morgan fingerprint density at radius 2 is 1.97 bits per heavy atom. The molecule has 3 aromatic heterocycles. The van der Waals surface area contributed by atoms with Gasteiger partial charge in [0, 0.05) is 29.2 Å². The number of rotatable bonds is 8. The number of benzene rings is 1. The van der Waals surface area contributed by atoms with Gasteiger partial charge in [-0.2, -0.15) is 0 Å². The van der Waals surface area contributed by atoms with Gasteiger partial charge in [-0.1, -0.05) is 17.2 Å². The Balaban J connectivity index is 1.49. The van der Waals surface area contributed by atoms with Gasteiger partial charge >= 0.3 is 0 Å². The van der Waals surface area contributed by atoms with Crippen LogP contribution in [0.25, 0.3) is 11.1 Å². The first-order valence-corrected chi connectivity index (χ1v) is 11.7. The molecule has 186 valence electrons. The molecule has 1 aromatic carbocycles. The Morgan fingerprint density at radius 3 is 2.67 bits per heavy atom. The zero-order valence-electron chi connectivity index (χ0n) is 20.1. The number of hydrogen-bond acceptors (Lipinski definition) is 9. The second kappa shape index (κ2) is 10.3. The molecule has 0 saturated heterocycles. The Morgan fingerprint density at radius 1 is 1.17 bits per heavy atom. The number of hydrogen-bond donors (Lipinski definition) is 2. The summed E-state index contributed by atoms with van der Waals surface area (Å²) in [6.45, 7) is 5.24. The van der Waals surface area contributed by atoms with Crippen molar-refractivity contribution in [3.63, 3.8) is 0 Å². The van der Waals surface area contributed by atoms with Crippen molar-refractivity contribution in [1.82, 2.24) is 20.2 Å². The standard InChI is InChI=1S/C25H24FN5O4S/c1-14-10-17(21-19(26)6-5-7-20(21)34-4)18(12-27-14)22(32)29-23-30-31-24(36-23)35-13-16-9-8-15(11-28-16)25(2,3)33/h5-12,33H,13H2,1-4H3,(H,29,30,32). The molecule has 3 heterocycles. The second-order valence-electron chi connectivity index (χ2n) is 8.40. The molecule has 0 aliphatic rings. The highest BCUT2D eigenvalue weighted by Crippen LogP contribution is 2.35. The number of aryl methyl sites for hydroxylation is 1. The molecule has 4 aromatic rings. The minimum Gasteiger partial charge on any atom is -0.496 e. The van der Waals surface area contributed by atoms with E-state index in [1.54, 1.807) is 51.2 Å². The molecule has 0 aliphatic carbocycles. The van der Waals surface area contributed by atoms with Crippen molar-refractivity contribution in [1.29, 1.82) is 0 Å². The monoisotopic (exact) mass is 509 g/mol. The van der Waals surface area contributed by atoms with Crippen LogP contribution in [0.1, 0.15) is 41.2 Å². The van der Waals surface area contributed by atoms with Crippen LogP contribution in [0.15, 0.2) is 48.8 Å². The molecule has 0 saturated carbocycles. The first kappa shape index (κ1) is 25.1. The molecule has 4 rings (SSSR count). The first-order valence-electron chi connectivity index (χ1n) is 10.9. The van der Waals surface area contributed by atoms with Gasteiger partial charge in [-0.15, -0.1) is 5.10 Å². The maximum absolute atomic E-state index is 14.7. The Hall–Kier alpha value is -3.96. The number of aliphatic hydroxyl groups is 1. The van der Waals surface area contributed by atoms with Crippen molar-refractivity contribution in [2.75, 3.05) is 12.4 Å². The van der Waals surface area contributed by atoms with Gasteiger partial charge in [0.05, 0.1) is 29.5 Å². The van der Waals surface area contributed by atoms with E-state index in [4.69, 9.17) is 9.47 Å². The van der Waals surface area contributed by atoms with Gasteiger partial charge < -0.3 is 14.6 Å². The largest absolute Gasteiger partial charge is 0.496 e. The van der Waals surface area contributed by atoms with Gasteiger partial charge in [0.2, 0.25) is 5.13 Å². The zero-order valence-corrected chi connectivity index (χ0v) is 20.9. The summed E-state index contributed by atoms with van der Waals surface area (Å²) in [5.74, 6) is -0.760. The molecular formula is C25H24FN5O4S. The highest BCUT2D eigenvalue weighted by molar-refractivity contribution is 7.17. The lowest BCUT2D eigenvalue weighted by Gasteiger charge is -2.17. The van der Waals surface area contributed by atoms with Gasteiger partial charge in [0.1, 0.15) is 18.2 Å². The van der Waals surface area contributed by atoms with Crippen molar-refractivity contribution < 1.29 is 23.8 Å². The van der Waals surface area contributed by atoms with Crippen molar-refractivity contribution in [2.45, 2.75) is 33.0 Å². The van der Waals surface area contributed by atoms with E-state index < -0.39 is 17.3 Å². The van der Waals surface area contributed by atoms with E-state index in [-0.39, 0.29) is 28.1 Å². The SMILES string of the molecule is COc1cccc(F)c1-c1cc(C)ncc1C(=O)Nc1nnc(OCc2ccc(C(C)(C)O)cn2)s1. The predicted molar refractivity (Wildman–Crippen MR) is 133 cm³/mol. The molecular weight excluding hydrogens is 485 g/mol. The van der Waals surface area contributed by atoms with Crippen LogP contribution < -0.4 is 14.8 Å². The van der Waals surface area contributed by atoms with Crippen molar-refractivity contribution >= 4 is 22.4 Å². The number of nitrogens with one attached hydrogen (secondary N) is 1. The fraction of sp³-hybridized carbons (Fsp3) is 0.240. The number of anilines is 1. The molecule has 2 N–H and O–H groups in total. The summed E-state index contributed by atoms with van der Waals surface area (Å²) < 4.78 is 25.7. The highest BCUT2D eigenvalue weighted by atomic mass is 32.1. The number of ether oxygens (including phenoxy) is 2. The van der Waals surface area contributed by atoms with E-state index in [1.807, 2.05) is 0 Å². The summed E-state index contributed by atoms with van der Waals surface area (Å²) in [5.41, 5.74) is 1.61. The van der Waals surface area contributed by atoms with Gasteiger partial charge in [0.25, 0.3) is 11.1 Å². The molecule has 0 fully saturated rings. The highest BCUT2D eigenvalue weighted by Gasteiger charge is 2.21. The fourth-order valence-electron chi connectivity index (χ4n) is 3.37. The maximum Gasteiger partial charge on any atom is 0.296 e. The van der Waals surface area contributed by atoms with Gasteiger partial charge in [-0.25, -0.2) is 4.39 Å². The number of carbonyl (C=O) groups is 1. The summed E-state index contributed by atoms with van der Waals surface area (Å²) in [6.07, 6.45) is 2.97. The molecule has 36 heavy (non-hydrogen) atoms. The first-order chi connectivity index (χ1) is 17.2. The minimum atomic E-state index is -0.983. The number of halogens is 1. The molecule has 0 aliphatic heterocycles. The molecule has 0 spiro atoms. The predicted octanol–water partition coefficient (Wildman–Crippen LogP) is 4.51. The van der Waals surface area contributed by atoms with Crippen LogP contribution in [0.5, 0.6) is 10.9 Å². The number of nitrogens with zero attached hydrogens (tertiary/aromatic N) is 4. The number of aromatic nitrogens is 4. The Labute approximate surface area is 211 Å². The lowest BCUT2D eigenvalue weighted by Crippen LogP contribution is -2.16. The van der Waals surface area contributed by atoms with Gasteiger partial charge in [-0.3, -0.25) is 20.1 Å². The van der Waals surface area contributed by atoms with Crippen LogP contribution in [-0.4, -0.2) is 38.3 Å². The van der Waals surface area contributed by atoms with Crippen LogP contribution in [0.2, 0.25) is 0 Å². The molecule has 0 unspecified atom stereocenters. The number of pyridine rings is 2. The smallest absolute Gasteiger partial charge is 0.296 e. The summed E-state index contributed by atoms with van der Waals surface area (Å²) >= 11 is 1.03. The molecule has 9 nitrogen and oxygen atoms in total. The van der Waals surface area contributed by atoms with Crippen molar-refractivity contribution in [3.05, 3.63) is 77.1 Å². The molecule has 11 heteroatoms. The third kappa shape index (κ3) is 5.64. The van der Waals surface area contributed by atoms with Gasteiger partial charge in [-0.05, 0) is 56.4 Å². The van der Waals surface area contributed by atoms with Gasteiger partial charge in [0.15, 0.2) is 0 Å². The summed E-state index contributed by atoms with van der Waals surface area (Å²) in [4.78, 5) is 21.6. The van der Waals surface area contributed by atoms with Crippen LogP contribution in [-0.2, 0) is 12.2 Å². The number of methoxy groups -OCH3 is 1. The lowest BCUT2D eigenvalue weighted by atomic mass is 9.98.